The predicted molar refractivity (Wildman–Crippen MR) is 89.9 cm³/mol. The Morgan fingerprint density at radius 1 is 1.13 bits per heavy atom. The second-order valence-electron chi connectivity index (χ2n) is 5.70. The minimum Gasteiger partial charge on any atom is -0.365 e. The van der Waals surface area contributed by atoms with Crippen LogP contribution in [0.3, 0.4) is 0 Å². The SMILES string of the molecule is Cn1ncc(NC(=O)c2ccccc2)c(N2CCCCC2)c1=O. The zero-order valence-corrected chi connectivity index (χ0v) is 13.2. The minimum absolute atomic E-state index is 0.183. The van der Waals surface area contributed by atoms with E-state index in [9.17, 15) is 9.59 Å². The van der Waals surface area contributed by atoms with Gasteiger partial charge in [0, 0.05) is 25.7 Å². The van der Waals surface area contributed by atoms with Crippen molar-refractivity contribution >= 4 is 17.3 Å². The maximum Gasteiger partial charge on any atom is 0.292 e. The van der Waals surface area contributed by atoms with Crippen molar-refractivity contribution in [2.75, 3.05) is 23.3 Å². The predicted octanol–water partition coefficient (Wildman–Crippen LogP) is 2.02. The van der Waals surface area contributed by atoms with Crippen LogP contribution < -0.4 is 15.8 Å². The van der Waals surface area contributed by atoms with Crippen LogP contribution in [0.5, 0.6) is 0 Å². The quantitative estimate of drug-likeness (QED) is 0.941. The summed E-state index contributed by atoms with van der Waals surface area (Å²) in [6.07, 6.45) is 4.83. The van der Waals surface area contributed by atoms with Gasteiger partial charge in [-0.2, -0.15) is 5.10 Å². The first kappa shape index (κ1) is 15.3. The Morgan fingerprint density at radius 3 is 2.52 bits per heavy atom. The molecule has 0 bridgehead atoms. The van der Waals surface area contributed by atoms with Crippen molar-refractivity contribution < 1.29 is 4.79 Å². The van der Waals surface area contributed by atoms with Gasteiger partial charge < -0.3 is 10.2 Å². The van der Waals surface area contributed by atoms with Crippen LogP contribution in [-0.2, 0) is 7.05 Å². The molecule has 120 valence electrons. The molecule has 2 aromatic rings. The maximum atomic E-state index is 12.5. The van der Waals surface area contributed by atoms with Crippen molar-refractivity contribution in [3.05, 3.63) is 52.4 Å². The van der Waals surface area contributed by atoms with Crippen LogP contribution >= 0.6 is 0 Å². The van der Waals surface area contributed by atoms with Crippen molar-refractivity contribution in [1.82, 2.24) is 9.78 Å². The topological polar surface area (TPSA) is 67.2 Å². The summed E-state index contributed by atoms with van der Waals surface area (Å²) in [5.74, 6) is -0.237. The van der Waals surface area contributed by atoms with E-state index in [0.29, 0.717) is 16.9 Å². The number of aromatic nitrogens is 2. The average Bonchev–Trinajstić information content (AvgIpc) is 2.60. The van der Waals surface area contributed by atoms with Gasteiger partial charge in [-0.05, 0) is 31.4 Å². The Labute approximate surface area is 134 Å². The second-order valence-corrected chi connectivity index (χ2v) is 5.70. The van der Waals surface area contributed by atoms with Crippen LogP contribution in [0.1, 0.15) is 29.6 Å². The van der Waals surface area contributed by atoms with Gasteiger partial charge in [-0.15, -0.1) is 0 Å². The van der Waals surface area contributed by atoms with Gasteiger partial charge in [-0.25, -0.2) is 4.68 Å². The number of piperidine rings is 1. The van der Waals surface area contributed by atoms with Gasteiger partial charge in [0.05, 0.1) is 11.9 Å². The summed E-state index contributed by atoms with van der Waals surface area (Å²) in [5.41, 5.74) is 1.38. The molecule has 1 aliphatic rings. The van der Waals surface area contributed by atoms with Gasteiger partial charge in [-0.3, -0.25) is 9.59 Å². The van der Waals surface area contributed by atoms with E-state index in [1.807, 2.05) is 23.1 Å². The van der Waals surface area contributed by atoms with Crippen LogP contribution in [-0.4, -0.2) is 28.8 Å². The summed E-state index contributed by atoms with van der Waals surface area (Å²) in [4.78, 5) is 26.9. The monoisotopic (exact) mass is 312 g/mol. The third kappa shape index (κ3) is 3.26. The lowest BCUT2D eigenvalue weighted by atomic mass is 10.1. The molecule has 0 unspecified atom stereocenters. The highest BCUT2D eigenvalue weighted by Gasteiger charge is 2.21. The highest BCUT2D eigenvalue weighted by Crippen LogP contribution is 2.24. The zero-order chi connectivity index (χ0) is 16.2. The largest absolute Gasteiger partial charge is 0.365 e. The molecule has 23 heavy (non-hydrogen) atoms. The molecule has 0 aliphatic carbocycles. The van der Waals surface area contributed by atoms with E-state index in [2.05, 4.69) is 10.4 Å². The summed E-state index contributed by atoms with van der Waals surface area (Å²) >= 11 is 0. The van der Waals surface area contributed by atoms with Crippen molar-refractivity contribution in [2.45, 2.75) is 19.3 Å². The van der Waals surface area contributed by atoms with E-state index in [0.717, 1.165) is 25.9 Å². The highest BCUT2D eigenvalue weighted by molar-refractivity contribution is 6.05. The van der Waals surface area contributed by atoms with Crippen molar-refractivity contribution in [3.8, 4) is 0 Å². The number of nitrogens with one attached hydrogen (secondary N) is 1. The first-order chi connectivity index (χ1) is 11.2. The number of rotatable bonds is 3. The minimum atomic E-state index is -0.237. The second kappa shape index (κ2) is 6.64. The van der Waals surface area contributed by atoms with Crippen molar-refractivity contribution in [3.63, 3.8) is 0 Å². The molecule has 1 aliphatic heterocycles. The number of carbonyl (C=O) groups excluding carboxylic acids is 1. The molecular weight excluding hydrogens is 292 g/mol. The maximum absolute atomic E-state index is 12.5. The lowest BCUT2D eigenvalue weighted by Crippen LogP contribution is -2.37. The molecule has 1 N–H and O–H groups in total. The lowest BCUT2D eigenvalue weighted by molar-refractivity contribution is 0.102. The van der Waals surface area contributed by atoms with Crippen LogP contribution in [0, 0.1) is 0 Å². The molecule has 1 aromatic carbocycles. The first-order valence-electron chi connectivity index (χ1n) is 7.84. The molecule has 0 spiro atoms. The summed E-state index contributed by atoms with van der Waals surface area (Å²) in [6.45, 7) is 1.65. The zero-order valence-electron chi connectivity index (χ0n) is 13.2. The van der Waals surface area contributed by atoms with Crippen molar-refractivity contribution in [1.29, 1.82) is 0 Å². The summed E-state index contributed by atoms with van der Waals surface area (Å²) in [7, 11) is 1.62. The Bertz CT molecular complexity index is 749. The van der Waals surface area contributed by atoms with E-state index >= 15 is 0 Å². The van der Waals surface area contributed by atoms with Gasteiger partial charge in [0.1, 0.15) is 5.69 Å². The molecule has 0 saturated carbocycles. The number of benzene rings is 1. The van der Waals surface area contributed by atoms with E-state index in [-0.39, 0.29) is 11.5 Å². The molecule has 6 heteroatoms. The third-order valence-corrected chi connectivity index (χ3v) is 4.07. The Balaban J connectivity index is 1.94. The van der Waals surface area contributed by atoms with Crippen LogP contribution in [0.2, 0.25) is 0 Å². The number of carbonyl (C=O) groups is 1. The Kier molecular flexibility index (Phi) is 4.41. The number of aryl methyl sites for hydroxylation is 1. The Hall–Kier alpha value is -2.63. The summed E-state index contributed by atoms with van der Waals surface area (Å²) in [5, 5.41) is 6.88. The van der Waals surface area contributed by atoms with Gasteiger partial charge >= 0.3 is 0 Å². The highest BCUT2D eigenvalue weighted by atomic mass is 16.2. The molecule has 0 atom stereocenters. The van der Waals surface area contributed by atoms with E-state index in [4.69, 9.17) is 0 Å². The summed E-state index contributed by atoms with van der Waals surface area (Å²) in [6, 6.07) is 8.95. The molecule has 3 rings (SSSR count). The molecule has 1 fully saturated rings. The van der Waals surface area contributed by atoms with Crippen LogP contribution in [0.4, 0.5) is 11.4 Å². The Morgan fingerprint density at radius 2 is 1.83 bits per heavy atom. The van der Waals surface area contributed by atoms with Crippen molar-refractivity contribution in [2.24, 2.45) is 7.05 Å². The molecule has 0 radical (unpaired) electrons. The van der Waals surface area contributed by atoms with Gasteiger partial charge in [0.2, 0.25) is 0 Å². The fourth-order valence-corrected chi connectivity index (χ4v) is 2.82. The number of nitrogens with zero attached hydrogens (tertiary/aromatic N) is 3. The number of hydrogen-bond acceptors (Lipinski definition) is 4. The normalized spacial score (nSPS) is 14.6. The third-order valence-electron chi connectivity index (χ3n) is 4.07. The number of anilines is 2. The number of amides is 1. The fourth-order valence-electron chi connectivity index (χ4n) is 2.82. The number of hydrogen-bond donors (Lipinski definition) is 1. The van der Waals surface area contributed by atoms with E-state index in [1.54, 1.807) is 25.4 Å². The summed E-state index contributed by atoms with van der Waals surface area (Å²) < 4.78 is 1.31. The smallest absolute Gasteiger partial charge is 0.292 e. The molecule has 6 nitrogen and oxygen atoms in total. The fraction of sp³-hybridized carbons (Fsp3) is 0.353. The van der Waals surface area contributed by atoms with Crippen LogP contribution in [0.15, 0.2) is 41.3 Å². The molecular formula is C17H20N4O2. The molecule has 1 saturated heterocycles. The first-order valence-corrected chi connectivity index (χ1v) is 7.84. The average molecular weight is 312 g/mol. The molecule has 2 heterocycles. The van der Waals surface area contributed by atoms with E-state index in [1.165, 1.54) is 11.1 Å². The van der Waals surface area contributed by atoms with E-state index < -0.39 is 0 Å². The molecule has 1 amide bonds. The van der Waals surface area contributed by atoms with Gasteiger partial charge in [-0.1, -0.05) is 18.2 Å². The van der Waals surface area contributed by atoms with Gasteiger partial charge in [0.15, 0.2) is 0 Å². The standard InChI is InChI=1S/C17H20N4O2/c1-20-17(23)15(21-10-6-3-7-11-21)14(12-18-20)19-16(22)13-8-4-2-5-9-13/h2,4-5,8-9,12H,3,6-7,10-11H2,1H3,(H,19,22). The van der Waals surface area contributed by atoms with Gasteiger partial charge in [0.25, 0.3) is 11.5 Å². The lowest BCUT2D eigenvalue weighted by Gasteiger charge is -2.29. The van der Waals surface area contributed by atoms with Crippen LogP contribution in [0.25, 0.3) is 0 Å². The molecule has 1 aromatic heterocycles.